The first-order valence-corrected chi connectivity index (χ1v) is 12.0. The summed E-state index contributed by atoms with van der Waals surface area (Å²) in [5, 5.41) is 0.626. The molecule has 0 amide bonds. The molecule has 6 heteroatoms. The fourth-order valence-corrected chi connectivity index (χ4v) is 4.28. The minimum absolute atomic E-state index is 0.148. The molecule has 1 saturated heterocycles. The van der Waals surface area contributed by atoms with Gasteiger partial charge in [-0.05, 0) is 42.2 Å². The second kappa shape index (κ2) is 11.1. The molecule has 1 fully saturated rings. The zero-order valence-corrected chi connectivity index (χ0v) is 20.1. The number of ether oxygens (including phenoxy) is 1. The largest absolute Gasteiger partial charge is 0.440 e. The van der Waals surface area contributed by atoms with E-state index in [2.05, 4.69) is 17.0 Å². The number of oxazole rings is 1. The maximum atomic E-state index is 12.5. The van der Waals surface area contributed by atoms with Crippen molar-refractivity contribution in [1.29, 1.82) is 0 Å². The molecule has 0 unspecified atom stereocenters. The lowest BCUT2D eigenvalue weighted by Gasteiger charge is -2.26. The zero-order valence-electron chi connectivity index (χ0n) is 19.4. The van der Waals surface area contributed by atoms with Crippen molar-refractivity contribution in [2.24, 2.45) is 5.92 Å². The molecule has 1 aliphatic rings. The van der Waals surface area contributed by atoms with E-state index in [4.69, 9.17) is 25.7 Å². The minimum atomic E-state index is 0.148. The second-order valence-electron chi connectivity index (χ2n) is 9.02. The average molecular weight is 467 g/mol. The van der Waals surface area contributed by atoms with Gasteiger partial charge in [0.2, 0.25) is 5.89 Å². The first-order valence-electron chi connectivity index (χ1n) is 11.6. The molecule has 5 nitrogen and oxygen atoms in total. The molecule has 0 spiro atoms. The Bertz CT molecular complexity index is 1070. The van der Waals surface area contributed by atoms with Crippen molar-refractivity contribution in [1.82, 2.24) is 9.88 Å². The van der Waals surface area contributed by atoms with Gasteiger partial charge in [-0.1, -0.05) is 49.7 Å². The Labute approximate surface area is 200 Å². The van der Waals surface area contributed by atoms with Crippen LogP contribution in [-0.2, 0) is 22.4 Å². The minimum Gasteiger partial charge on any atom is -0.440 e. The van der Waals surface area contributed by atoms with Crippen LogP contribution in [0.1, 0.15) is 31.6 Å². The number of rotatable bonds is 9. The smallest absolute Gasteiger partial charge is 0.226 e. The summed E-state index contributed by atoms with van der Waals surface area (Å²) < 4.78 is 11.6. The van der Waals surface area contributed by atoms with Gasteiger partial charge >= 0.3 is 0 Å². The lowest BCUT2D eigenvalue weighted by atomic mass is 10.0. The van der Waals surface area contributed by atoms with E-state index >= 15 is 0 Å². The van der Waals surface area contributed by atoms with Crippen LogP contribution in [0.15, 0.2) is 52.9 Å². The lowest BCUT2D eigenvalue weighted by molar-refractivity contribution is -0.119. The van der Waals surface area contributed by atoms with Gasteiger partial charge in [0.25, 0.3) is 0 Å². The van der Waals surface area contributed by atoms with Gasteiger partial charge in [0.15, 0.2) is 0 Å². The quantitative estimate of drug-likeness (QED) is 0.405. The Kier molecular flexibility index (Phi) is 7.97. The van der Waals surface area contributed by atoms with Crippen LogP contribution >= 0.6 is 11.6 Å². The van der Waals surface area contributed by atoms with Crippen molar-refractivity contribution in [3.05, 3.63) is 64.9 Å². The first-order chi connectivity index (χ1) is 16.0. The SMILES string of the molecule is CC(C)CC(=O)Cc1oc(-c2ccc(CCN3CCOCC3)cc2)nc1-c1cccc(Cl)c1. The zero-order chi connectivity index (χ0) is 23.2. The number of ketones is 1. The van der Waals surface area contributed by atoms with Gasteiger partial charge < -0.3 is 9.15 Å². The third-order valence-corrected chi connectivity index (χ3v) is 6.05. The number of hydrogen-bond acceptors (Lipinski definition) is 5. The average Bonchev–Trinajstić information content (AvgIpc) is 3.22. The highest BCUT2D eigenvalue weighted by Crippen LogP contribution is 2.31. The molecule has 33 heavy (non-hydrogen) atoms. The van der Waals surface area contributed by atoms with E-state index < -0.39 is 0 Å². The van der Waals surface area contributed by atoms with Crippen molar-refractivity contribution in [3.8, 4) is 22.7 Å². The third kappa shape index (κ3) is 6.53. The first kappa shape index (κ1) is 23.7. The Morgan fingerprint density at radius 3 is 2.55 bits per heavy atom. The Morgan fingerprint density at radius 2 is 1.85 bits per heavy atom. The molecule has 0 atom stereocenters. The number of carbonyl (C=O) groups is 1. The summed E-state index contributed by atoms with van der Waals surface area (Å²) >= 11 is 6.21. The molecule has 1 aromatic heterocycles. The fourth-order valence-electron chi connectivity index (χ4n) is 4.09. The van der Waals surface area contributed by atoms with E-state index in [0.717, 1.165) is 50.4 Å². The monoisotopic (exact) mass is 466 g/mol. The van der Waals surface area contributed by atoms with Gasteiger partial charge in [-0.15, -0.1) is 0 Å². The van der Waals surface area contributed by atoms with Gasteiger partial charge in [0.1, 0.15) is 17.2 Å². The van der Waals surface area contributed by atoms with Gasteiger partial charge in [-0.2, -0.15) is 0 Å². The van der Waals surface area contributed by atoms with Crippen molar-refractivity contribution in [2.45, 2.75) is 33.1 Å². The maximum absolute atomic E-state index is 12.5. The summed E-state index contributed by atoms with van der Waals surface area (Å²) in [5.41, 5.74) is 3.71. The van der Waals surface area contributed by atoms with Crippen LogP contribution in [0.4, 0.5) is 0 Å². The van der Waals surface area contributed by atoms with Crippen LogP contribution in [0.25, 0.3) is 22.7 Å². The summed E-state index contributed by atoms with van der Waals surface area (Å²) in [4.78, 5) is 19.7. The molecule has 2 heterocycles. The van der Waals surface area contributed by atoms with E-state index in [1.54, 1.807) is 0 Å². The Balaban J connectivity index is 1.54. The van der Waals surface area contributed by atoms with E-state index in [0.29, 0.717) is 34.7 Å². The lowest BCUT2D eigenvalue weighted by Crippen LogP contribution is -2.37. The Hall–Kier alpha value is -2.47. The highest BCUT2D eigenvalue weighted by Gasteiger charge is 2.20. The van der Waals surface area contributed by atoms with Crippen LogP contribution in [0, 0.1) is 5.92 Å². The molecule has 1 aliphatic heterocycles. The third-order valence-electron chi connectivity index (χ3n) is 5.81. The standard InChI is InChI=1S/C27H31ClN2O3/c1-19(2)16-24(31)18-25-26(22-4-3-5-23(28)17-22)29-27(33-25)21-8-6-20(7-9-21)10-11-30-12-14-32-15-13-30/h3-9,17,19H,10-16,18H2,1-2H3. The summed E-state index contributed by atoms with van der Waals surface area (Å²) in [6, 6.07) is 15.8. The highest BCUT2D eigenvalue weighted by atomic mass is 35.5. The number of halogens is 1. The fraction of sp³-hybridized carbons (Fsp3) is 0.407. The second-order valence-corrected chi connectivity index (χ2v) is 9.45. The summed E-state index contributed by atoms with van der Waals surface area (Å²) in [6.07, 6.45) is 1.74. The molecule has 2 aromatic carbocycles. The van der Waals surface area contributed by atoms with Crippen molar-refractivity contribution in [3.63, 3.8) is 0 Å². The molecular weight excluding hydrogens is 436 g/mol. The van der Waals surface area contributed by atoms with Gasteiger partial charge in [-0.25, -0.2) is 4.98 Å². The van der Waals surface area contributed by atoms with Crippen molar-refractivity contribution >= 4 is 17.4 Å². The number of aromatic nitrogens is 1. The van der Waals surface area contributed by atoms with Gasteiger partial charge in [-0.3, -0.25) is 9.69 Å². The van der Waals surface area contributed by atoms with Crippen LogP contribution < -0.4 is 0 Å². The van der Waals surface area contributed by atoms with E-state index in [9.17, 15) is 4.79 Å². The van der Waals surface area contributed by atoms with Crippen molar-refractivity contribution in [2.75, 3.05) is 32.8 Å². The summed E-state index contributed by atoms with van der Waals surface area (Å²) in [7, 11) is 0. The number of carbonyl (C=O) groups excluding carboxylic acids is 1. The predicted octanol–water partition coefficient (Wildman–Crippen LogP) is 5.69. The summed E-state index contributed by atoms with van der Waals surface area (Å²) in [6.45, 7) is 8.76. The van der Waals surface area contributed by atoms with Crippen LogP contribution in [0.3, 0.4) is 0 Å². The topological polar surface area (TPSA) is 55.6 Å². The van der Waals surface area contributed by atoms with E-state index in [1.165, 1.54) is 5.56 Å². The van der Waals surface area contributed by atoms with E-state index in [-0.39, 0.29) is 12.2 Å². The van der Waals surface area contributed by atoms with Crippen LogP contribution in [0.2, 0.25) is 5.02 Å². The van der Waals surface area contributed by atoms with Gasteiger partial charge in [0, 0.05) is 42.2 Å². The maximum Gasteiger partial charge on any atom is 0.226 e. The highest BCUT2D eigenvalue weighted by molar-refractivity contribution is 6.30. The molecule has 174 valence electrons. The van der Waals surface area contributed by atoms with Gasteiger partial charge in [0.05, 0.1) is 19.6 Å². The molecule has 0 radical (unpaired) electrons. The number of Topliss-reactive ketones (excluding diaryl/α,β-unsaturated/α-hetero) is 1. The molecule has 0 N–H and O–H groups in total. The molecule has 0 saturated carbocycles. The molecule has 0 aliphatic carbocycles. The van der Waals surface area contributed by atoms with Crippen LogP contribution in [0.5, 0.6) is 0 Å². The number of hydrogen-bond donors (Lipinski definition) is 0. The van der Waals surface area contributed by atoms with Crippen molar-refractivity contribution < 1.29 is 13.9 Å². The normalized spacial score (nSPS) is 14.7. The summed E-state index contributed by atoms with van der Waals surface area (Å²) in [5.74, 6) is 1.57. The number of morpholine rings is 1. The molecule has 0 bridgehead atoms. The molecule has 4 rings (SSSR count). The number of nitrogens with zero attached hydrogens (tertiary/aromatic N) is 2. The molecule has 3 aromatic rings. The van der Waals surface area contributed by atoms with E-state index in [1.807, 2.05) is 50.2 Å². The Morgan fingerprint density at radius 1 is 1.09 bits per heavy atom. The number of benzene rings is 2. The predicted molar refractivity (Wildman–Crippen MR) is 132 cm³/mol. The molecular formula is C27H31ClN2O3. The van der Waals surface area contributed by atoms with Crippen LogP contribution in [-0.4, -0.2) is 48.5 Å².